The van der Waals surface area contributed by atoms with Crippen LogP contribution in [0.4, 0.5) is 18.9 Å². The van der Waals surface area contributed by atoms with Crippen molar-refractivity contribution >= 4 is 33.3 Å². The van der Waals surface area contributed by atoms with Gasteiger partial charge in [-0.25, -0.2) is 8.42 Å². The number of carbonyl (C=O) groups is 2. The normalized spacial score (nSPS) is 22.6. The molecule has 0 saturated carbocycles. The second kappa shape index (κ2) is 7.54. The third-order valence-electron chi connectivity index (χ3n) is 4.42. The molecule has 0 saturated heterocycles. The molecule has 0 radical (unpaired) electrons. The van der Waals surface area contributed by atoms with Gasteiger partial charge in [-0.15, -0.1) is 0 Å². The first-order valence-electron chi connectivity index (χ1n) is 8.23. The van der Waals surface area contributed by atoms with E-state index < -0.39 is 67.3 Å². The number of carboxylic acid groups (broad SMARTS) is 1. The predicted octanol–water partition coefficient (Wildman–Crippen LogP) is 0.995. The third kappa shape index (κ3) is 4.19. The van der Waals surface area contributed by atoms with Crippen LogP contribution in [0, 0.1) is 11.8 Å². The maximum atomic E-state index is 13.0. The Morgan fingerprint density at radius 2 is 1.83 bits per heavy atom. The van der Waals surface area contributed by atoms with Crippen molar-refractivity contribution < 1.29 is 40.8 Å². The number of nitrogens with zero attached hydrogens (tertiary/aromatic N) is 1. The highest BCUT2D eigenvalue weighted by atomic mass is 32.2. The molecule has 0 heterocycles. The van der Waals surface area contributed by atoms with Crippen molar-refractivity contribution in [1.82, 2.24) is 0 Å². The van der Waals surface area contributed by atoms with Crippen LogP contribution in [0.3, 0.4) is 0 Å². The van der Waals surface area contributed by atoms with Crippen LogP contribution in [-0.2, 0) is 25.9 Å². The summed E-state index contributed by atoms with van der Waals surface area (Å²) in [6.07, 6.45) is 2.57. The predicted molar refractivity (Wildman–Crippen MR) is 93.8 cm³/mol. The Morgan fingerprint density at radius 3 is 2.43 bits per heavy atom. The Labute approximate surface area is 167 Å². The summed E-state index contributed by atoms with van der Waals surface area (Å²) in [6, 6.07) is 1.23. The zero-order valence-corrected chi connectivity index (χ0v) is 15.5. The summed E-state index contributed by atoms with van der Waals surface area (Å²) in [6.45, 7) is 0. The van der Waals surface area contributed by atoms with Crippen molar-refractivity contribution in [1.29, 1.82) is 0 Å². The number of nitrogens with one attached hydrogen (secondary N) is 1. The standard InChI is InChI=1S/C18H13F3N2O6S/c19-18(20,21)10-5-6-14(30(27,28)29)13(8-10)22-23-15-11-4-2-1-3-9(11)7-12(16(15)24)17(25)26/h1-9,11,22H,(H,25,26)(H,27,28,29)/p-2/b23-15+. The Balaban J connectivity index is 2.08. The molecule has 8 nitrogen and oxygen atoms in total. The molecule has 0 bridgehead atoms. The number of halogens is 3. The van der Waals surface area contributed by atoms with Gasteiger partial charge in [0.2, 0.25) is 5.78 Å². The largest absolute Gasteiger partial charge is 0.744 e. The lowest BCUT2D eigenvalue weighted by molar-refractivity contribution is -0.298. The fourth-order valence-corrected chi connectivity index (χ4v) is 3.64. The van der Waals surface area contributed by atoms with Crippen LogP contribution >= 0.6 is 0 Å². The number of hydrogen-bond acceptors (Lipinski definition) is 8. The summed E-state index contributed by atoms with van der Waals surface area (Å²) in [5.41, 5.74) is -1.15. The van der Waals surface area contributed by atoms with E-state index in [1.807, 2.05) is 5.43 Å². The van der Waals surface area contributed by atoms with E-state index >= 15 is 0 Å². The smallest absolute Gasteiger partial charge is 0.416 e. The molecule has 12 heteroatoms. The summed E-state index contributed by atoms with van der Waals surface area (Å²) in [5, 5.41) is 14.9. The lowest BCUT2D eigenvalue weighted by atomic mass is 9.76. The second-order valence-electron chi connectivity index (χ2n) is 6.34. The topological polar surface area (TPSA) is 139 Å². The highest BCUT2D eigenvalue weighted by Gasteiger charge is 2.35. The molecule has 2 aliphatic rings. The van der Waals surface area contributed by atoms with E-state index in [4.69, 9.17) is 0 Å². The van der Waals surface area contributed by atoms with Crippen LogP contribution in [0.1, 0.15) is 5.56 Å². The molecule has 158 valence electrons. The molecule has 0 spiro atoms. The second-order valence-corrected chi connectivity index (χ2v) is 7.69. The first-order valence-corrected chi connectivity index (χ1v) is 9.64. The summed E-state index contributed by atoms with van der Waals surface area (Å²) in [7, 11) is -5.18. The molecule has 2 unspecified atom stereocenters. The molecule has 0 fully saturated rings. The zero-order chi connectivity index (χ0) is 22.3. The lowest BCUT2D eigenvalue weighted by Crippen LogP contribution is -2.40. The van der Waals surface area contributed by atoms with Crippen molar-refractivity contribution in [3.05, 3.63) is 59.7 Å². The summed E-state index contributed by atoms with van der Waals surface area (Å²) >= 11 is 0. The van der Waals surface area contributed by atoms with Gasteiger partial charge in [0.1, 0.15) is 15.8 Å². The molecule has 30 heavy (non-hydrogen) atoms. The molecule has 2 atom stereocenters. The van der Waals surface area contributed by atoms with E-state index in [-0.39, 0.29) is 0 Å². The average molecular weight is 440 g/mol. The van der Waals surface area contributed by atoms with Crippen molar-refractivity contribution in [3.8, 4) is 0 Å². The van der Waals surface area contributed by atoms with Gasteiger partial charge in [0.05, 0.1) is 22.1 Å². The molecule has 1 N–H and O–H groups in total. The molecular formula is C18H11F3N2O6S-2. The Hall–Kier alpha value is -3.25. The van der Waals surface area contributed by atoms with E-state index in [0.717, 1.165) is 0 Å². The molecule has 2 aliphatic carbocycles. The number of carbonyl (C=O) groups excluding carboxylic acids is 2. The minimum absolute atomic E-state index is 0.353. The van der Waals surface area contributed by atoms with E-state index in [1.165, 1.54) is 12.2 Å². The number of carboxylic acids is 1. The van der Waals surface area contributed by atoms with Crippen molar-refractivity contribution in [2.75, 3.05) is 5.43 Å². The molecular weight excluding hydrogens is 429 g/mol. The number of Topliss-reactive ketones (excluding diaryl/α,β-unsaturated/α-hetero) is 1. The Morgan fingerprint density at radius 1 is 1.17 bits per heavy atom. The van der Waals surface area contributed by atoms with Crippen LogP contribution in [0.5, 0.6) is 0 Å². The van der Waals surface area contributed by atoms with Gasteiger partial charge in [-0.3, -0.25) is 10.2 Å². The lowest BCUT2D eigenvalue weighted by Gasteiger charge is -2.28. The van der Waals surface area contributed by atoms with Gasteiger partial charge >= 0.3 is 6.18 Å². The Kier molecular flexibility index (Phi) is 5.39. The monoisotopic (exact) mass is 440 g/mol. The van der Waals surface area contributed by atoms with E-state index in [0.29, 0.717) is 18.2 Å². The fraction of sp³-hybridized carbons (Fsp3) is 0.167. The summed E-state index contributed by atoms with van der Waals surface area (Å²) in [4.78, 5) is 22.7. The van der Waals surface area contributed by atoms with Crippen LogP contribution in [0.25, 0.3) is 0 Å². The van der Waals surface area contributed by atoms with Crippen LogP contribution in [0.15, 0.2) is 64.1 Å². The molecule has 3 rings (SSSR count). The SMILES string of the molecule is O=C([O-])C1=CC2C=CC=CC2/C(=N\Nc2cc(C(F)(F)F)ccc2S(=O)(=O)[O-])C1=O. The van der Waals surface area contributed by atoms with Crippen molar-refractivity contribution in [2.45, 2.75) is 11.1 Å². The summed E-state index contributed by atoms with van der Waals surface area (Å²) in [5.74, 6) is -4.17. The van der Waals surface area contributed by atoms with E-state index in [2.05, 4.69) is 5.10 Å². The number of aliphatic carboxylic acids is 1. The number of benzene rings is 1. The number of fused-ring (bicyclic) bond motifs is 1. The molecule has 0 aromatic heterocycles. The number of anilines is 1. The highest BCUT2D eigenvalue weighted by Crippen LogP contribution is 2.34. The van der Waals surface area contributed by atoms with Crippen LogP contribution in [0.2, 0.25) is 0 Å². The minimum atomic E-state index is -5.18. The average Bonchev–Trinajstić information content (AvgIpc) is 2.65. The quantitative estimate of drug-likeness (QED) is 0.419. The van der Waals surface area contributed by atoms with Gasteiger partial charge in [-0.2, -0.15) is 18.3 Å². The molecule has 1 aromatic carbocycles. The van der Waals surface area contributed by atoms with E-state index in [9.17, 15) is 40.8 Å². The van der Waals surface area contributed by atoms with Gasteiger partial charge in [-0.1, -0.05) is 30.4 Å². The van der Waals surface area contributed by atoms with Gasteiger partial charge in [0.15, 0.2) is 0 Å². The fourth-order valence-electron chi connectivity index (χ4n) is 3.03. The maximum absolute atomic E-state index is 13.0. The molecule has 1 aromatic rings. The number of hydrogen-bond donors (Lipinski definition) is 1. The Bertz CT molecular complexity index is 1150. The number of rotatable bonds is 4. The number of hydrazone groups is 1. The van der Waals surface area contributed by atoms with Gasteiger partial charge in [-0.05, 0) is 18.2 Å². The van der Waals surface area contributed by atoms with Crippen molar-refractivity contribution in [3.63, 3.8) is 0 Å². The minimum Gasteiger partial charge on any atom is -0.744 e. The summed E-state index contributed by atoms with van der Waals surface area (Å²) < 4.78 is 73.1. The number of allylic oxidation sites excluding steroid dienone is 5. The molecule has 0 amide bonds. The zero-order valence-electron chi connectivity index (χ0n) is 14.7. The van der Waals surface area contributed by atoms with Gasteiger partial charge in [0, 0.05) is 17.4 Å². The number of ketones is 1. The molecule has 0 aliphatic heterocycles. The number of alkyl halides is 3. The first kappa shape index (κ1) is 21.5. The van der Waals surface area contributed by atoms with Gasteiger partial charge in [0.25, 0.3) is 0 Å². The third-order valence-corrected chi connectivity index (χ3v) is 5.32. The van der Waals surface area contributed by atoms with Crippen LogP contribution in [-0.4, -0.2) is 30.4 Å². The van der Waals surface area contributed by atoms with Gasteiger partial charge < -0.3 is 14.5 Å². The highest BCUT2D eigenvalue weighted by molar-refractivity contribution is 7.86. The van der Waals surface area contributed by atoms with Crippen LogP contribution < -0.4 is 10.5 Å². The van der Waals surface area contributed by atoms with Crippen molar-refractivity contribution in [2.24, 2.45) is 16.9 Å². The first-order chi connectivity index (χ1) is 13.9. The van der Waals surface area contributed by atoms with E-state index in [1.54, 1.807) is 18.2 Å². The maximum Gasteiger partial charge on any atom is 0.416 e.